The molecule has 0 aliphatic carbocycles. The van der Waals surface area contributed by atoms with Crippen molar-refractivity contribution in [3.63, 3.8) is 0 Å². The zero-order valence-electron chi connectivity index (χ0n) is 7.75. The van der Waals surface area contributed by atoms with E-state index in [1.54, 1.807) is 0 Å². The summed E-state index contributed by atoms with van der Waals surface area (Å²) in [7, 11) is 1.25. The van der Waals surface area contributed by atoms with E-state index in [-0.39, 0.29) is 15.8 Å². The highest BCUT2D eigenvalue weighted by Gasteiger charge is 2.18. The fourth-order valence-corrected chi connectivity index (χ4v) is 1.74. The number of aromatic hydroxyl groups is 1. The molecular formula is C9H8BrFO4. The van der Waals surface area contributed by atoms with E-state index in [9.17, 15) is 14.3 Å². The maximum Gasteiger partial charge on any atom is 0.307 e. The monoisotopic (exact) mass is 278 g/mol. The molecule has 1 aromatic carbocycles. The van der Waals surface area contributed by atoms with Crippen LogP contribution in [0.3, 0.4) is 0 Å². The Labute approximate surface area is 93.4 Å². The van der Waals surface area contributed by atoms with E-state index in [0.29, 0.717) is 0 Å². The van der Waals surface area contributed by atoms with Gasteiger partial charge in [0.25, 0.3) is 0 Å². The second-order valence-electron chi connectivity index (χ2n) is 2.78. The molecule has 0 atom stereocenters. The van der Waals surface area contributed by atoms with Gasteiger partial charge in [0.15, 0.2) is 11.5 Å². The number of benzene rings is 1. The van der Waals surface area contributed by atoms with Crippen molar-refractivity contribution >= 4 is 21.9 Å². The lowest BCUT2D eigenvalue weighted by Gasteiger charge is -2.09. The SMILES string of the molecule is COc1c(Br)cc(CC(=O)O)c(O)c1F. The summed E-state index contributed by atoms with van der Waals surface area (Å²) in [6.07, 6.45) is -0.453. The Bertz CT molecular complexity index is 406. The van der Waals surface area contributed by atoms with Crippen LogP contribution in [-0.4, -0.2) is 23.3 Å². The summed E-state index contributed by atoms with van der Waals surface area (Å²) in [5, 5.41) is 17.9. The number of carbonyl (C=O) groups is 1. The molecule has 0 heterocycles. The molecule has 0 aromatic heterocycles. The average molecular weight is 279 g/mol. The van der Waals surface area contributed by atoms with Gasteiger partial charge in [-0.25, -0.2) is 0 Å². The summed E-state index contributed by atoms with van der Waals surface area (Å²) in [5.74, 6) is -2.97. The van der Waals surface area contributed by atoms with Crippen LogP contribution in [0.25, 0.3) is 0 Å². The Balaban J connectivity index is 3.27. The molecule has 6 heteroatoms. The fourth-order valence-electron chi connectivity index (χ4n) is 1.13. The molecule has 0 spiro atoms. The smallest absolute Gasteiger partial charge is 0.307 e. The molecule has 0 aliphatic heterocycles. The maximum absolute atomic E-state index is 13.4. The van der Waals surface area contributed by atoms with Gasteiger partial charge < -0.3 is 14.9 Å². The highest BCUT2D eigenvalue weighted by molar-refractivity contribution is 9.10. The van der Waals surface area contributed by atoms with Gasteiger partial charge in [0.2, 0.25) is 5.82 Å². The summed E-state index contributed by atoms with van der Waals surface area (Å²) < 4.78 is 18.3. The van der Waals surface area contributed by atoms with E-state index in [2.05, 4.69) is 20.7 Å². The van der Waals surface area contributed by atoms with Crippen molar-refractivity contribution < 1.29 is 24.1 Å². The summed E-state index contributed by atoms with van der Waals surface area (Å²) in [6.45, 7) is 0. The number of methoxy groups -OCH3 is 1. The molecule has 0 radical (unpaired) electrons. The minimum atomic E-state index is -1.15. The van der Waals surface area contributed by atoms with Crippen molar-refractivity contribution in [2.75, 3.05) is 7.11 Å². The van der Waals surface area contributed by atoms with Gasteiger partial charge in [-0.1, -0.05) is 0 Å². The first kappa shape index (κ1) is 11.8. The number of aliphatic carboxylic acids is 1. The van der Waals surface area contributed by atoms with Crippen LogP contribution in [0.15, 0.2) is 10.5 Å². The molecule has 0 unspecified atom stereocenters. The molecule has 4 nitrogen and oxygen atoms in total. The van der Waals surface area contributed by atoms with Crippen LogP contribution in [-0.2, 0) is 11.2 Å². The molecule has 82 valence electrons. The largest absolute Gasteiger partial charge is 0.505 e. The van der Waals surface area contributed by atoms with E-state index >= 15 is 0 Å². The Morgan fingerprint density at radius 1 is 1.67 bits per heavy atom. The number of halogens is 2. The Hall–Kier alpha value is -1.30. The van der Waals surface area contributed by atoms with Crippen LogP contribution < -0.4 is 4.74 Å². The number of carboxylic acid groups (broad SMARTS) is 1. The molecule has 0 bridgehead atoms. The molecule has 15 heavy (non-hydrogen) atoms. The first-order valence-electron chi connectivity index (χ1n) is 3.93. The van der Waals surface area contributed by atoms with Crippen LogP contribution in [0.5, 0.6) is 11.5 Å². The fraction of sp³-hybridized carbons (Fsp3) is 0.222. The Morgan fingerprint density at radius 3 is 2.73 bits per heavy atom. The van der Waals surface area contributed by atoms with Crippen molar-refractivity contribution in [1.82, 2.24) is 0 Å². The van der Waals surface area contributed by atoms with E-state index in [0.717, 1.165) is 0 Å². The van der Waals surface area contributed by atoms with Gasteiger partial charge in [-0.2, -0.15) is 4.39 Å². The second-order valence-corrected chi connectivity index (χ2v) is 3.64. The summed E-state index contributed by atoms with van der Waals surface area (Å²) in [4.78, 5) is 10.4. The quantitative estimate of drug-likeness (QED) is 0.887. The third kappa shape index (κ3) is 2.38. The van der Waals surface area contributed by atoms with Crippen LogP contribution in [0, 0.1) is 5.82 Å². The predicted octanol–water partition coefficient (Wildman–Crippen LogP) is 1.93. The van der Waals surface area contributed by atoms with E-state index in [1.165, 1.54) is 13.2 Å². The van der Waals surface area contributed by atoms with E-state index < -0.39 is 24.0 Å². The zero-order chi connectivity index (χ0) is 11.6. The first-order valence-corrected chi connectivity index (χ1v) is 4.72. The number of phenols is 1. The summed E-state index contributed by atoms with van der Waals surface area (Å²) >= 11 is 3.01. The summed E-state index contributed by atoms with van der Waals surface area (Å²) in [6, 6.07) is 1.31. The van der Waals surface area contributed by atoms with E-state index in [1.807, 2.05) is 0 Å². The van der Waals surface area contributed by atoms with Crippen molar-refractivity contribution in [3.8, 4) is 11.5 Å². The normalized spacial score (nSPS) is 10.1. The van der Waals surface area contributed by atoms with Crippen LogP contribution >= 0.6 is 15.9 Å². The van der Waals surface area contributed by atoms with Gasteiger partial charge in [-0.05, 0) is 22.0 Å². The van der Waals surface area contributed by atoms with Gasteiger partial charge in [-0.3, -0.25) is 4.79 Å². The molecule has 0 saturated carbocycles. The minimum absolute atomic E-state index is 0.00678. The van der Waals surface area contributed by atoms with Gasteiger partial charge in [0.1, 0.15) is 0 Å². The van der Waals surface area contributed by atoms with Gasteiger partial charge >= 0.3 is 5.97 Å². The molecule has 0 fully saturated rings. The molecule has 2 N–H and O–H groups in total. The Morgan fingerprint density at radius 2 is 2.27 bits per heavy atom. The number of hydrogen-bond donors (Lipinski definition) is 2. The molecule has 1 aromatic rings. The zero-order valence-corrected chi connectivity index (χ0v) is 9.34. The standard InChI is InChI=1S/C9H8BrFO4/c1-15-9-5(10)2-4(3-6(12)13)8(14)7(9)11/h2,14H,3H2,1H3,(H,12,13). The number of phenolic OH excluding ortho intramolecular Hbond substituents is 1. The first-order chi connectivity index (χ1) is 6.97. The molecular weight excluding hydrogens is 271 g/mol. The predicted molar refractivity (Wildman–Crippen MR) is 53.7 cm³/mol. The topological polar surface area (TPSA) is 66.8 Å². The lowest BCUT2D eigenvalue weighted by molar-refractivity contribution is -0.136. The van der Waals surface area contributed by atoms with Crippen LogP contribution in [0.1, 0.15) is 5.56 Å². The highest BCUT2D eigenvalue weighted by atomic mass is 79.9. The van der Waals surface area contributed by atoms with Crippen LogP contribution in [0.4, 0.5) is 4.39 Å². The van der Waals surface area contributed by atoms with Crippen molar-refractivity contribution in [3.05, 3.63) is 21.9 Å². The highest BCUT2D eigenvalue weighted by Crippen LogP contribution is 2.36. The lowest BCUT2D eigenvalue weighted by Crippen LogP contribution is -2.02. The number of hydrogen-bond acceptors (Lipinski definition) is 3. The number of ether oxygens (including phenoxy) is 1. The van der Waals surface area contributed by atoms with Crippen molar-refractivity contribution in [1.29, 1.82) is 0 Å². The van der Waals surface area contributed by atoms with Gasteiger partial charge in [0.05, 0.1) is 18.0 Å². The van der Waals surface area contributed by atoms with Crippen molar-refractivity contribution in [2.45, 2.75) is 6.42 Å². The molecule has 0 amide bonds. The number of rotatable bonds is 3. The minimum Gasteiger partial charge on any atom is -0.505 e. The Kier molecular flexibility index (Phi) is 3.52. The second kappa shape index (κ2) is 4.48. The third-order valence-electron chi connectivity index (χ3n) is 1.78. The summed E-state index contributed by atoms with van der Waals surface area (Å²) in [5.41, 5.74) is -0.00678. The van der Waals surface area contributed by atoms with Crippen LogP contribution in [0.2, 0.25) is 0 Å². The van der Waals surface area contributed by atoms with Gasteiger partial charge in [0, 0.05) is 5.56 Å². The van der Waals surface area contributed by atoms with Crippen molar-refractivity contribution in [2.24, 2.45) is 0 Å². The lowest BCUT2D eigenvalue weighted by atomic mass is 10.1. The average Bonchev–Trinajstić information content (AvgIpc) is 2.14. The maximum atomic E-state index is 13.4. The molecule has 1 rings (SSSR count). The van der Waals surface area contributed by atoms with E-state index in [4.69, 9.17) is 5.11 Å². The number of carboxylic acids is 1. The molecule has 0 saturated heterocycles. The van der Waals surface area contributed by atoms with Gasteiger partial charge in [-0.15, -0.1) is 0 Å². The molecule has 0 aliphatic rings. The third-order valence-corrected chi connectivity index (χ3v) is 2.36.